The highest BCUT2D eigenvalue weighted by atomic mass is 16.5. The summed E-state index contributed by atoms with van der Waals surface area (Å²) in [7, 11) is 0. The van der Waals surface area contributed by atoms with Crippen LogP contribution < -0.4 is 4.74 Å². The van der Waals surface area contributed by atoms with Gasteiger partial charge in [0.2, 0.25) is 0 Å². The fraction of sp³-hybridized carbons (Fsp3) is 0.167. The molecule has 4 nitrogen and oxygen atoms in total. The van der Waals surface area contributed by atoms with Gasteiger partial charge in [0.15, 0.2) is 0 Å². The number of benzene rings is 1. The van der Waals surface area contributed by atoms with E-state index in [4.69, 9.17) is 15.3 Å². The first-order valence-corrected chi connectivity index (χ1v) is 6.96. The summed E-state index contributed by atoms with van der Waals surface area (Å²) in [5, 5.41) is 17.2. The molecule has 2 aromatic rings. The van der Waals surface area contributed by atoms with E-state index in [2.05, 4.69) is 11.1 Å². The van der Waals surface area contributed by atoms with Crippen LogP contribution in [0.1, 0.15) is 29.7 Å². The fourth-order valence-electron chi connectivity index (χ4n) is 1.80. The summed E-state index contributed by atoms with van der Waals surface area (Å²) in [4.78, 5) is 4.19. The van der Waals surface area contributed by atoms with E-state index >= 15 is 0 Å². The minimum Gasteiger partial charge on any atom is -0.494 e. The van der Waals surface area contributed by atoms with Gasteiger partial charge in [-0.2, -0.15) is 10.5 Å². The van der Waals surface area contributed by atoms with Crippen molar-refractivity contribution in [2.75, 3.05) is 6.61 Å². The Hall–Kier alpha value is -3.11. The van der Waals surface area contributed by atoms with Gasteiger partial charge in [0.25, 0.3) is 0 Å². The molecule has 0 bridgehead atoms. The molecule has 0 unspecified atom stereocenters. The Labute approximate surface area is 129 Å². The Morgan fingerprint density at radius 1 is 1.14 bits per heavy atom. The monoisotopic (exact) mass is 289 g/mol. The van der Waals surface area contributed by atoms with Crippen molar-refractivity contribution in [2.24, 2.45) is 0 Å². The molecule has 1 heterocycles. The molecule has 0 aliphatic heterocycles. The summed E-state index contributed by atoms with van der Waals surface area (Å²) in [6.45, 7) is 0.540. The van der Waals surface area contributed by atoms with Crippen LogP contribution in [0.2, 0.25) is 0 Å². The van der Waals surface area contributed by atoms with Gasteiger partial charge in [-0.1, -0.05) is 18.2 Å². The molecule has 0 aliphatic carbocycles. The summed E-state index contributed by atoms with van der Waals surface area (Å²) in [5.74, 6) is 0.785. The van der Waals surface area contributed by atoms with E-state index in [0.717, 1.165) is 23.4 Å². The van der Waals surface area contributed by atoms with Crippen molar-refractivity contribution in [1.82, 2.24) is 4.98 Å². The number of unbranched alkanes of at least 4 members (excludes halogenated alkanes) is 1. The zero-order valence-electron chi connectivity index (χ0n) is 12.1. The Bertz CT molecular complexity index is 721. The van der Waals surface area contributed by atoms with Gasteiger partial charge in [-0.25, -0.2) is 0 Å². The quantitative estimate of drug-likeness (QED) is 0.758. The van der Waals surface area contributed by atoms with Crippen molar-refractivity contribution >= 4 is 12.2 Å². The molecule has 4 heteroatoms. The van der Waals surface area contributed by atoms with Crippen LogP contribution >= 0.6 is 0 Å². The lowest BCUT2D eigenvalue weighted by Gasteiger charge is -2.05. The number of pyridine rings is 1. The van der Waals surface area contributed by atoms with Crippen molar-refractivity contribution < 1.29 is 4.74 Å². The summed E-state index contributed by atoms with van der Waals surface area (Å²) >= 11 is 0. The molecule has 1 aromatic heterocycles. The van der Waals surface area contributed by atoms with Gasteiger partial charge in [-0.05, 0) is 42.3 Å². The van der Waals surface area contributed by atoms with Crippen LogP contribution in [-0.4, -0.2) is 11.6 Å². The van der Waals surface area contributed by atoms with Crippen LogP contribution in [0.5, 0.6) is 5.75 Å². The molecule has 0 atom stereocenters. The van der Waals surface area contributed by atoms with Gasteiger partial charge >= 0.3 is 0 Å². The molecule has 0 fully saturated rings. The van der Waals surface area contributed by atoms with Crippen LogP contribution in [0.4, 0.5) is 0 Å². The number of rotatable bonds is 6. The van der Waals surface area contributed by atoms with Gasteiger partial charge in [-0.15, -0.1) is 0 Å². The smallest absolute Gasteiger partial charge is 0.119 e. The molecule has 0 saturated heterocycles. The van der Waals surface area contributed by atoms with E-state index < -0.39 is 0 Å². The molecule has 0 radical (unpaired) electrons. The lowest BCUT2D eigenvalue weighted by Crippen LogP contribution is -1.96. The normalized spacial score (nSPS) is 10.1. The van der Waals surface area contributed by atoms with E-state index in [1.165, 1.54) is 0 Å². The minimum atomic E-state index is 0.504. The van der Waals surface area contributed by atoms with Gasteiger partial charge in [0.05, 0.1) is 23.9 Å². The van der Waals surface area contributed by atoms with Gasteiger partial charge in [0.1, 0.15) is 11.8 Å². The van der Waals surface area contributed by atoms with E-state index in [1.807, 2.05) is 42.5 Å². The van der Waals surface area contributed by atoms with E-state index in [-0.39, 0.29) is 0 Å². The average molecular weight is 289 g/mol. The first-order chi connectivity index (χ1) is 10.8. The average Bonchev–Trinajstić information content (AvgIpc) is 2.58. The number of ether oxygens (including phenoxy) is 1. The first kappa shape index (κ1) is 15.3. The SMILES string of the molecule is N#CCCCOc1cccc(/C=C/c2ccc(C#N)cn2)c1. The second-order valence-electron chi connectivity index (χ2n) is 4.60. The van der Waals surface area contributed by atoms with Crippen molar-refractivity contribution in [2.45, 2.75) is 12.8 Å². The molecule has 2 rings (SSSR count). The minimum absolute atomic E-state index is 0.504. The molecule has 0 saturated carbocycles. The molecular formula is C18H15N3O. The lowest BCUT2D eigenvalue weighted by atomic mass is 10.2. The first-order valence-electron chi connectivity index (χ1n) is 6.96. The molecule has 1 aromatic carbocycles. The third kappa shape index (κ3) is 4.77. The maximum atomic E-state index is 8.73. The molecule has 0 spiro atoms. The molecule has 22 heavy (non-hydrogen) atoms. The van der Waals surface area contributed by atoms with Gasteiger partial charge in [0, 0.05) is 12.6 Å². The molecule has 0 aliphatic rings. The van der Waals surface area contributed by atoms with Crippen LogP contribution in [0, 0.1) is 22.7 Å². The number of nitrogens with zero attached hydrogens (tertiary/aromatic N) is 3. The van der Waals surface area contributed by atoms with Gasteiger partial charge < -0.3 is 4.74 Å². The van der Waals surface area contributed by atoms with Crippen molar-refractivity contribution in [3.63, 3.8) is 0 Å². The van der Waals surface area contributed by atoms with Crippen LogP contribution in [0.15, 0.2) is 42.6 Å². The predicted molar refractivity (Wildman–Crippen MR) is 84.7 cm³/mol. The summed E-state index contributed by atoms with van der Waals surface area (Å²) in [6, 6.07) is 15.4. The van der Waals surface area contributed by atoms with E-state index in [9.17, 15) is 0 Å². The van der Waals surface area contributed by atoms with Gasteiger partial charge in [-0.3, -0.25) is 4.98 Å². The zero-order valence-corrected chi connectivity index (χ0v) is 12.1. The highest BCUT2D eigenvalue weighted by molar-refractivity contribution is 5.68. The van der Waals surface area contributed by atoms with E-state index in [0.29, 0.717) is 18.6 Å². The third-order valence-electron chi connectivity index (χ3n) is 2.92. The summed E-state index contributed by atoms with van der Waals surface area (Å²) in [5.41, 5.74) is 2.34. The topological polar surface area (TPSA) is 69.7 Å². The maximum Gasteiger partial charge on any atom is 0.119 e. The number of aromatic nitrogens is 1. The number of hydrogen-bond acceptors (Lipinski definition) is 4. The third-order valence-corrected chi connectivity index (χ3v) is 2.92. The van der Waals surface area contributed by atoms with Crippen molar-refractivity contribution in [3.05, 3.63) is 59.4 Å². The second-order valence-corrected chi connectivity index (χ2v) is 4.60. The standard InChI is InChI=1S/C18H15N3O/c19-10-1-2-11-22-18-5-3-4-15(12-18)6-8-17-9-7-16(13-20)14-21-17/h3-9,12,14H,1-2,11H2/b8-6+. The maximum absolute atomic E-state index is 8.73. The fourth-order valence-corrected chi connectivity index (χ4v) is 1.80. The van der Waals surface area contributed by atoms with Crippen molar-refractivity contribution in [1.29, 1.82) is 10.5 Å². The Balaban J connectivity index is 1.98. The summed E-state index contributed by atoms with van der Waals surface area (Å²) in [6.07, 6.45) is 6.61. The molecule has 0 amide bonds. The Morgan fingerprint density at radius 3 is 2.77 bits per heavy atom. The van der Waals surface area contributed by atoms with Crippen LogP contribution in [0.3, 0.4) is 0 Å². The highest BCUT2D eigenvalue weighted by Crippen LogP contribution is 2.16. The molecule has 108 valence electrons. The Kier molecular flexibility index (Phi) is 5.72. The second kappa shape index (κ2) is 8.24. The summed E-state index contributed by atoms with van der Waals surface area (Å²) < 4.78 is 5.59. The number of nitriles is 2. The van der Waals surface area contributed by atoms with Crippen molar-refractivity contribution in [3.8, 4) is 17.9 Å². The van der Waals surface area contributed by atoms with Crippen LogP contribution in [-0.2, 0) is 0 Å². The number of hydrogen-bond donors (Lipinski definition) is 0. The van der Waals surface area contributed by atoms with Crippen LogP contribution in [0.25, 0.3) is 12.2 Å². The molecular weight excluding hydrogens is 274 g/mol. The Morgan fingerprint density at radius 2 is 2.05 bits per heavy atom. The van der Waals surface area contributed by atoms with E-state index in [1.54, 1.807) is 18.3 Å². The largest absolute Gasteiger partial charge is 0.494 e. The molecule has 0 N–H and O–H groups in total. The highest BCUT2D eigenvalue weighted by Gasteiger charge is 1.96. The predicted octanol–water partition coefficient (Wildman–Crippen LogP) is 3.81. The lowest BCUT2D eigenvalue weighted by molar-refractivity contribution is 0.312. The zero-order chi connectivity index (χ0) is 15.6.